The van der Waals surface area contributed by atoms with E-state index in [1.54, 1.807) is 14.0 Å². The van der Waals surface area contributed by atoms with Gasteiger partial charge in [-0.1, -0.05) is 0 Å². The molecule has 0 aromatic heterocycles. The monoisotopic (exact) mass is 433 g/mol. The van der Waals surface area contributed by atoms with Crippen molar-refractivity contribution in [2.45, 2.75) is 63.7 Å². The number of carbonyl (C=O) groups is 4. The summed E-state index contributed by atoms with van der Waals surface area (Å²) in [5.41, 5.74) is 0. The van der Waals surface area contributed by atoms with Gasteiger partial charge in [0.05, 0.1) is 0 Å². The number of carbonyl (C=O) groups excluding carboxylic acids is 3. The number of likely N-dealkylation sites (N-methyl/N-ethyl adjacent to an activating group) is 1. The van der Waals surface area contributed by atoms with E-state index in [1.165, 1.54) is 6.92 Å². The van der Waals surface area contributed by atoms with Gasteiger partial charge in [-0.05, 0) is 0 Å². The Bertz CT molecular complexity index is 499. The zero-order valence-corrected chi connectivity index (χ0v) is 18.3. The van der Waals surface area contributed by atoms with Crippen LogP contribution in [0.2, 0.25) is 4.71 Å². The van der Waals surface area contributed by atoms with E-state index < -0.39 is 32.5 Å². The number of carboxylic acids is 1. The van der Waals surface area contributed by atoms with Crippen molar-refractivity contribution in [3.05, 3.63) is 0 Å². The maximum absolute atomic E-state index is 12.6. The Balaban J connectivity index is 4.70. The van der Waals surface area contributed by atoms with Crippen molar-refractivity contribution in [3.63, 3.8) is 0 Å². The predicted octanol–water partition coefficient (Wildman–Crippen LogP) is -0.122. The second kappa shape index (κ2) is 12.9. The van der Waals surface area contributed by atoms with E-state index in [0.29, 0.717) is 19.4 Å². The first-order valence-electron chi connectivity index (χ1n) is 8.85. The molecule has 0 aliphatic carbocycles. The zero-order valence-electron chi connectivity index (χ0n) is 16.2. The normalized spacial score (nSPS) is 14.8. The van der Waals surface area contributed by atoms with Crippen LogP contribution in [0.1, 0.15) is 47.0 Å². The SMILES string of the molecule is CNC(C)C(=O)[AsH]C(C(=O)NC(CCCCNC(C)=O)C(=O)O)C(C)C. The summed E-state index contributed by atoms with van der Waals surface area (Å²) in [6, 6.07) is -1.28. The number of carboxylic acid groups (broad SMARTS) is 1. The van der Waals surface area contributed by atoms with Crippen molar-refractivity contribution in [2.75, 3.05) is 13.6 Å². The molecule has 0 fully saturated rings. The molecule has 0 aliphatic rings. The first-order valence-corrected chi connectivity index (χ1v) is 11.1. The van der Waals surface area contributed by atoms with Crippen molar-refractivity contribution in [2.24, 2.45) is 5.92 Å². The molecule has 0 heterocycles. The third-order valence-electron chi connectivity index (χ3n) is 3.98. The Morgan fingerprint density at radius 3 is 2.15 bits per heavy atom. The van der Waals surface area contributed by atoms with E-state index in [1.807, 2.05) is 13.8 Å². The van der Waals surface area contributed by atoms with Crippen molar-refractivity contribution in [3.8, 4) is 0 Å². The Hall–Kier alpha value is -1.40. The molecule has 0 bridgehead atoms. The van der Waals surface area contributed by atoms with Crippen LogP contribution in [-0.4, -0.2) is 68.9 Å². The number of amides is 2. The number of nitrogens with one attached hydrogen (secondary N) is 3. The van der Waals surface area contributed by atoms with Crippen molar-refractivity contribution < 1.29 is 24.3 Å². The standard InChI is InChI=1S/C17H32AsN3O5/c1-10(2)14(18-15(23)11(3)19-5)16(24)21-13(17(25)26)8-6-7-9-20-12(4)22/h10-11,13-14,18-19H,6-9H2,1-5H3,(H,20,22)(H,21,24)(H,25,26). The minimum absolute atomic E-state index is 0.0304. The van der Waals surface area contributed by atoms with Gasteiger partial charge < -0.3 is 0 Å². The Labute approximate surface area is 161 Å². The average molecular weight is 433 g/mol. The summed E-state index contributed by atoms with van der Waals surface area (Å²) in [7, 11) is 1.70. The van der Waals surface area contributed by atoms with Crippen LogP contribution in [0.15, 0.2) is 0 Å². The Morgan fingerprint density at radius 2 is 1.69 bits per heavy atom. The molecule has 0 rings (SSSR count). The summed E-state index contributed by atoms with van der Waals surface area (Å²) in [4.78, 5) is 47.0. The molecule has 150 valence electrons. The summed E-state index contributed by atoms with van der Waals surface area (Å²) < 4.78 is -0.400. The average Bonchev–Trinajstić information content (AvgIpc) is 2.56. The maximum atomic E-state index is 12.6. The summed E-state index contributed by atoms with van der Waals surface area (Å²) in [6.07, 6.45) is 1.49. The summed E-state index contributed by atoms with van der Waals surface area (Å²) in [6.45, 7) is 7.40. The molecule has 26 heavy (non-hydrogen) atoms. The molecule has 4 N–H and O–H groups in total. The van der Waals surface area contributed by atoms with Gasteiger partial charge in [0.2, 0.25) is 0 Å². The molecule has 4 unspecified atom stereocenters. The number of unbranched alkanes of at least 4 members (excludes halogenated alkanes) is 1. The van der Waals surface area contributed by atoms with Gasteiger partial charge in [0.15, 0.2) is 0 Å². The zero-order chi connectivity index (χ0) is 20.3. The molecule has 0 saturated heterocycles. The molecular formula is C17H32AsN3O5. The van der Waals surface area contributed by atoms with Crippen molar-refractivity contribution >= 4 is 38.1 Å². The van der Waals surface area contributed by atoms with E-state index in [9.17, 15) is 24.3 Å². The van der Waals surface area contributed by atoms with Crippen LogP contribution >= 0.6 is 0 Å². The number of hydrogen-bond acceptors (Lipinski definition) is 5. The van der Waals surface area contributed by atoms with Gasteiger partial charge in [0.25, 0.3) is 0 Å². The summed E-state index contributed by atoms with van der Waals surface area (Å²) in [5, 5.41) is 17.5. The van der Waals surface area contributed by atoms with Crippen LogP contribution in [-0.2, 0) is 19.2 Å². The van der Waals surface area contributed by atoms with E-state index in [2.05, 4.69) is 16.0 Å². The van der Waals surface area contributed by atoms with Gasteiger partial charge in [-0.15, -0.1) is 0 Å². The predicted molar refractivity (Wildman–Crippen MR) is 101 cm³/mol. The van der Waals surface area contributed by atoms with Gasteiger partial charge >= 0.3 is 162 Å². The van der Waals surface area contributed by atoms with Crippen molar-refractivity contribution in [1.29, 1.82) is 0 Å². The van der Waals surface area contributed by atoms with Gasteiger partial charge in [0.1, 0.15) is 0 Å². The third kappa shape index (κ3) is 9.92. The van der Waals surface area contributed by atoms with E-state index in [4.69, 9.17) is 0 Å². The molecule has 2 amide bonds. The first kappa shape index (κ1) is 24.6. The number of hydrogen-bond donors (Lipinski definition) is 4. The van der Waals surface area contributed by atoms with Crippen molar-refractivity contribution in [1.82, 2.24) is 16.0 Å². The Kier molecular flexibility index (Phi) is 12.2. The van der Waals surface area contributed by atoms with E-state index in [0.717, 1.165) is 0 Å². The van der Waals surface area contributed by atoms with Crippen LogP contribution in [0.4, 0.5) is 0 Å². The fourth-order valence-corrected chi connectivity index (χ4v) is 4.82. The molecule has 0 aromatic carbocycles. The molecule has 8 nitrogen and oxygen atoms in total. The fourth-order valence-electron chi connectivity index (χ4n) is 2.20. The molecular weight excluding hydrogens is 401 g/mol. The quantitative estimate of drug-likeness (QED) is 0.237. The molecule has 0 aromatic rings. The van der Waals surface area contributed by atoms with Gasteiger partial charge in [-0.2, -0.15) is 0 Å². The summed E-state index contributed by atoms with van der Waals surface area (Å²) >= 11 is -1.22. The van der Waals surface area contributed by atoms with Crippen LogP contribution in [0.25, 0.3) is 0 Å². The third-order valence-corrected chi connectivity index (χ3v) is 8.09. The molecule has 0 radical (unpaired) electrons. The van der Waals surface area contributed by atoms with Crippen LogP contribution in [0.3, 0.4) is 0 Å². The molecule has 0 aliphatic heterocycles. The second-order valence-electron chi connectivity index (χ2n) is 6.62. The van der Waals surface area contributed by atoms with E-state index in [-0.39, 0.29) is 34.8 Å². The molecule has 0 spiro atoms. The molecule has 0 saturated carbocycles. The van der Waals surface area contributed by atoms with Gasteiger partial charge in [-0.3, -0.25) is 0 Å². The number of aliphatic carboxylic acids is 1. The number of rotatable bonds is 13. The minimum atomic E-state index is -1.22. The van der Waals surface area contributed by atoms with E-state index >= 15 is 0 Å². The van der Waals surface area contributed by atoms with Gasteiger partial charge in [0, 0.05) is 0 Å². The van der Waals surface area contributed by atoms with Crippen LogP contribution in [0.5, 0.6) is 0 Å². The van der Waals surface area contributed by atoms with Gasteiger partial charge in [-0.25, -0.2) is 0 Å². The van der Waals surface area contributed by atoms with Crippen LogP contribution < -0.4 is 16.0 Å². The fraction of sp³-hybridized carbons (Fsp3) is 0.765. The van der Waals surface area contributed by atoms with Crippen LogP contribution in [0, 0.1) is 5.92 Å². The summed E-state index contributed by atoms with van der Waals surface area (Å²) in [5.74, 6) is -1.60. The topological polar surface area (TPSA) is 125 Å². The molecule has 4 atom stereocenters. The molecule has 9 heteroatoms. The Morgan fingerprint density at radius 1 is 1.08 bits per heavy atom. The second-order valence-corrected chi connectivity index (χ2v) is 9.56. The first-order chi connectivity index (χ1) is 12.1.